The third kappa shape index (κ3) is 1.28. The van der Waals surface area contributed by atoms with Gasteiger partial charge in [0.1, 0.15) is 5.54 Å². The van der Waals surface area contributed by atoms with Gasteiger partial charge < -0.3 is 5.32 Å². The van der Waals surface area contributed by atoms with Crippen LogP contribution in [0.2, 0.25) is 0 Å². The van der Waals surface area contributed by atoms with E-state index in [0.717, 1.165) is 16.7 Å². The van der Waals surface area contributed by atoms with Gasteiger partial charge in [0.05, 0.1) is 0 Å². The number of ketones is 1. The fourth-order valence-electron chi connectivity index (χ4n) is 2.85. The average Bonchev–Trinajstić information content (AvgIpc) is 2.60. The zero-order valence-electron chi connectivity index (χ0n) is 9.45. The van der Waals surface area contributed by atoms with Gasteiger partial charge in [0, 0.05) is 19.3 Å². The van der Waals surface area contributed by atoms with Crippen molar-refractivity contribution in [3.8, 4) is 0 Å². The molecular weight excluding hydrogens is 214 g/mol. The van der Waals surface area contributed by atoms with Crippen molar-refractivity contribution in [3.63, 3.8) is 0 Å². The van der Waals surface area contributed by atoms with Gasteiger partial charge in [0.25, 0.3) is 0 Å². The lowest BCUT2D eigenvalue weighted by Gasteiger charge is -2.33. The molecule has 1 aliphatic heterocycles. The van der Waals surface area contributed by atoms with Crippen molar-refractivity contribution in [3.05, 3.63) is 42.0 Å². The smallest absolute Gasteiger partial charge is 0.221 e. The molecule has 3 rings (SSSR count). The van der Waals surface area contributed by atoms with Crippen LogP contribution in [0.4, 0.5) is 0 Å². The minimum absolute atomic E-state index is 0.0471. The summed E-state index contributed by atoms with van der Waals surface area (Å²) in [6.07, 6.45) is 1.14. The first-order chi connectivity index (χ1) is 8.13. The number of Topliss-reactive ketones (excluding diaryl/α,β-unsaturated/α-hetero) is 1. The summed E-state index contributed by atoms with van der Waals surface area (Å²) in [5.41, 5.74) is 2.01. The Balaban J connectivity index is 2.19. The highest BCUT2D eigenvalue weighted by Crippen LogP contribution is 2.45. The van der Waals surface area contributed by atoms with Crippen LogP contribution in [-0.4, -0.2) is 11.7 Å². The number of carbonyl (C=O) groups is 2. The zero-order valence-corrected chi connectivity index (χ0v) is 9.45. The van der Waals surface area contributed by atoms with E-state index in [0.29, 0.717) is 19.3 Å². The Morgan fingerprint density at radius 3 is 2.76 bits per heavy atom. The first-order valence-electron chi connectivity index (χ1n) is 5.75. The van der Waals surface area contributed by atoms with Gasteiger partial charge in [-0.15, -0.1) is 0 Å². The summed E-state index contributed by atoms with van der Waals surface area (Å²) in [5, 5.41) is 2.88. The highest BCUT2D eigenvalue weighted by atomic mass is 16.2. The van der Waals surface area contributed by atoms with Crippen molar-refractivity contribution in [1.82, 2.24) is 5.32 Å². The Bertz CT molecular complexity index is 543. The molecule has 0 aromatic heterocycles. The van der Waals surface area contributed by atoms with E-state index in [-0.39, 0.29) is 11.7 Å². The molecule has 3 nitrogen and oxygen atoms in total. The molecule has 1 aliphatic carbocycles. The third-order valence-corrected chi connectivity index (χ3v) is 3.65. The summed E-state index contributed by atoms with van der Waals surface area (Å²) in [6, 6.07) is 7.70. The number of piperidine rings is 1. The van der Waals surface area contributed by atoms with E-state index in [1.54, 1.807) is 0 Å². The number of amides is 1. The fraction of sp³-hybridized carbons (Fsp3) is 0.286. The molecule has 86 valence electrons. The predicted octanol–water partition coefficient (Wildman–Crippen LogP) is 1.78. The van der Waals surface area contributed by atoms with Gasteiger partial charge in [0.2, 0.25) is 5.91 Å². The lowest BCUT2D eigenvalue weighted by molar-refractivity contribution is -0.137. The van der Waals surface area contributed by atoms with E-state index in [9.17, 15) is 9.59 Å². The van der Waals surface area contributed by atoms with Crippen LogP contribution in [0.15, 0.2) is 30.8 Å². The van der Waals surface area contributed by atoms with Gasteiger partial charge >= 0.3 is 0 Å². The van der Waals surface area contributed by atoms with E-state index in [4.69, 9.17) is 0 Å². The van der Waals surface area contributed by atoms with Gasteiger partial charge in [-0.2, -0.15) is 0 Å². The van der Waals surface area contributed by atoms with E-state index in [1.807, 2.05) is 24.3 Å². The highest BCUT2D eigenvalue weighted by molar-refractivity contribution is 6.03. The predicted molar refractivity (Wildman–Crippen MR) is 64.2 cm³/mol. The monoisotopic (exact) mass is 227 g/mol. The molecule has 17 heavy (non-hydrogen) atoms. The van der Waals surface area contributed by atoms with Gasteiger partial charge in [0.15, 0.2) is 5.78 Å². The third-order valence-electron chi connectivity index (χ3n) is 3.65. The quantitative estimate of drug-likeness (QED) is 0.734. The first kappa shape index (κ1) is 10.3. The van der Waals surface area contributed by atoms with Crippen molar-refractivity contribution in [1.29, 1.82) is 0 Å². The second-order valence-corrected chi connectivity index (χ2v) is 4.70. The Morgan fingerprint density at radius 2 is 1.94 bits per heavy atom. The SMILES string of the molecule is C=C1CC2(NC(=O)CCC2=O)c2ccccc21. The van der Waals surface area contributed by atoms with Gasteiger partial charge in [-0.1, -0.05) is 30.8 Å². The minimum atomic E-state index is -0.830. The second kappa shape index (κ2) is 3.29. The van der Waals surface area contributed by atoms with Crippen LogP contribution in [0.5, 0.6) is 0 Å². The van der Waals surface area contributed by atoms with Crippen LogP contribution in [-0.2, 0) is 15.1 Å². The molecule has 2 aliphatic rings. The average molecular weight is 227 g/mol. The molecule has 0 radical (unpaired) electrons. The number of hydrogen-bond acceptors (Lipinski definition) is 2. The lowest BCUT2D eigenvalue weighted by atomic mass is 9.82. The number of carbonyl (C=O) groups excluding carboxylic acids is 2. The number of benzene rings is 1. The molecule has 1 unspecified atom stereocenters. The molecule has 0 saturated carbocycles. The summed E-state index contributed by atoms with van der Waals surface area (Å²) in [6.45, 7) is 4.00. The molecule has 1 aromatic carbocycles. The molecule has 1 heterocycles. The lowest BCUT2D eigenvalue weighted by Crippen LogP contribution is -2.53. The Kier molecular flexibility index (Phi) is 1.99. The summed E-state index contributed by atoms with van der Waals surface area (Å²) >= 11 is 0. The largest absolute Gasteiger partial charge is 0.339 e. The van der Waals surface area contributed by atoms with E-state index < -0.39 is 5.54 Å². The van der Waals surface area contributed by atoms with Crippen LogP contribution in [0, 0.1) is 0 Å². The first-order valence-corrected chi connectivity index (χ1v) is 5.75. The van der Waals surface area contributed by atoms with Crippen molar-refractivity contribution < 1.29 is 9.59 Å². The van der Waals surface area contributed by atoms with Gasteiger partial charge in [-0.05, 0) is 16.7 Å². The fourth-order valence-corrected chi connectivity index (χ4v) is 2.85. The van der Waals surface area contributed by atoms with Crippen molar-refractivity contribution in [2.24, 2.45) is 0 Å². The van der Waals surface area contributed by atoms with Crippen molar-refractivity contribution >= 4 is 17.3 Å². The molecule has 1 aromatic rings. The highest BCUT2D eigenvalue weighted by Gasteiger charge is 2.49. The standard InChI is InChI=1S/C14H13NO2/c1-9-8-14(11-5-3-2-4-10(9)11)12(16)6-7-13(17)15-14/h2-5H,1,6-8H2,(H,15,17). The van der Waals surface area contributed by atoms with Crippen LogP contribution >= 0.6 is 0 Å². The normalized spacial score (nSPS) is 27.2. The number of fused-ring (bicyclic) bond motifs is 2. The van der Waals surface area contributed by atoms with Crippen molar-refractivity contribution in [2.75, 3.05) is 0 Å². The molecular formula is C14H13NO2. The molecule has 1 spiro atoms. The summed E-state index contributed by atoms with van der Waals surface area (Å²) in [5.74, 6) is 0.0531. The molecule has 1 amide bonds. The molecule has 1 saturated heterocycles. The maximum absolute atomic E-state index is 12.2. The minimum Gasteiger partial charge on any atom is -0.339 e. The van der Waals surface area contributed by atoms with Crippen LogP contribution in [0.1, 0.15) is 30.4 Å². The Labute approximate surface area is 99.5 Å². The molecule has 0 bridgehead atoms. The second-order valence-electron chi connectivity index (χ2n) is 4.70. The van der Waals surface area contributed by atoms with Crippen LogP contribution in [0.25, 0.3) is 5.57 Å². The summed E-state index contributed by atoms with van der Waals surface area (Å²) < 4.78 is 0. The Hall–Kier alpha value is -1.90. The van der Waals surface area contributed by atoms with Gasteiger partial charge in [-0.3, -0.25) is 9.59 Å². The molecule has 1 fully saturated rings. The molecule has 1 atom stereocenters. The maximum atomic E-state index is 12.2. The van der Waals surface area contributed by atoms with Crippen LogP contribution < -0.4 is 5.32 Å². The van der Waals surface area contributed by atoms with Crippen LogP contribution in [0.3, 0.4) is 0 Å². The summed E-state index contributed by atoms with van der Waals surface area (Å²) in [4.78, 5) is 23.8. The zero-order chi connectivity index (χ0) is 12.0. The maximum Gasteiger partial charge on any atom is 0.221 e. The molecule has 3 heteroatoms. The van der Waals surface area contributed by atoms with E-state index in [1.165, 1.54) is 0 Å². The van der Waals surface area contributed by atoms with E-state index >= 15 is 0 Å². The van der Waals surface area contributed by atoms with E-state index in [2.05, 4.69) is 11.9 Å². The topological polar surface area (TPSA) is 46.2 Å². The Morgan fingerprint density at radius 1 is 1.18 bits per heavy atom. The van der Waals surface area contributed by atoms with Crippen molar-refractivity contribution in [2.45, 2.75) is 24.8 Å². The molecule has 1 N–H and O–H groups in total. The number of rotatable bonds is 0. The van der Waals surface area contributed by atoms with Gasteiger partial charge in [-0.25, -0.2) is 0 Å². The summed E-state index contributed by atoms with van der Waals surface area (Å²) in [7, 11) is 0. The number of hydrogen-bond donors (Lipinski definition) is 1. The number of nitrogens with one attached hydrogen (secondary N) is 1.